The molecule has 2 heterocycles. The summed E-state index contributed by atoms with van der Waals surface area (Å²) in [4.78, 5) is 4.32. The number of nitrogens with zero attached hydrogens (tertiary/aromatic N) is 4. The first-order chi connectivity index (χ1) is 13.3. The maximum Gasteiger partial charge on any atom is 0.191 e. The Bertz CT molecular complexity index is 796. The fourth-order valence-corrected chi connectivity index (χ4v) is 3.34. The van der Waals surface area contributed by atoms with Gasteiger partial charge in [0.15, 0.2) is 11.8 Å². The first-order valence-corrected chi connectivity index (χ1v) is 9.89. The van der Waals surface area contributed by atoms with Gasteiger partial charge in [0.2, 0.25) is 0 Å². The van der Waals surface area contributed by atoms with E-state index in [4.69, 9.17) is 4.74 Å². The molecule has 0 atom stereocenters. The van der Waals surface area contributed by atoms with Crippen molar-refractivity contribution in [2.75, 3.05) is 13.7 Å². The van der Waals surface area contributed by atoms with Crippen molar-refractivity contribution in [1.29, 1.82) is 0 Å². The standard InChI is InChI=1S/C20H28N6O/c1-21-20(23-13-19-25-24-18-8-4-5-11-26(18)19)22-12-16-6-2-3-7-17(16)27-14-15-9-10-15/h2-3,6-7,15H,4-5,8-14H2,1H3,(H2,21,22,23). The molecule has 27 heavy (non-hydrogen) atoms. The van der Waals surface area contributed by atoms with Crippen molar-refractivity contribution >= 4 is 5.96 Å². The number of fused-ring (bicyclic) bond motifs is 1. The summed E-state index contributed by atoms with van der Waals surface area (Å²) >= 11 is 0. The van der Waals surface area contributed by atoms with Gasteiger partial charge in [0.1, 0.15) is 11.6 Å². The lowest BCUT2D eigenvalue weighted by Gasteiger charge is -2.17. The number of aryl methyl sites for hydroxylation is 1. The number of aliphatic imine (C=N–C) groups is 1. The van der Waals surface area contributed by atoms with Crippen LogP contribution in [0.4, 0.5) is 0 Å². The smallest absolute Gasteiger partial charge is 0.191 e. The van der Waals surface area contributed by atoms with Crippen LogP contribution in [-0.4, -0.2) is 34.4 Å². The average molecular weight is 368 g/mol. The normalized spacial score (nSPS) is 16.7. The van der Waals surface area contributed by atoms with E-state index in [0.29, 0.717) is 13.1 Å². The van der Waals surface area contributed by atoms with Gasteiger partial charge in [0.25, 0.3) is 0 Å². The van der Waals surface area contributed by atoms with Gasteiger partial charge in [-0.25, -0.2) is 0 Å². The first kappa shape index (κ1) is 17.8. The highest BCUT2D eigenvalue weighted by molar-refractivity contribution is 5.79. The number of aromatic nitrogens is 3. The van der Waals surface area contributed by atoms with Crippen molar-refractivity contribution in [2.24, 2.45) is 10.9 Å². The van der Waals surface area contributed by atoms with Crippen molar-refractivity contribution in [1.82, 2.24) is 25.4 Å². The Morgan fingerprint density at radius 1 is 1.19 bits per heavy atom. The van der Waals surface area contributed by atoms with E-state index in [1.54, 1.807) is 7.05 Å². The molecule has 0 spiro atoms. The summed E-state index contributed by atoms with van der Waals surface area (Å²) in [5, 5.41) is 15.4. The molecule has 0 unspecified atom stereocenters. The lowest BCUT2D eigenvalue weighted by Crippen LogP contribution is -2.37. The summed E-state index contributed by atoms with van der Waals surface area (Å²) in [5.74, 6) is 4.53. The van der Waals surface area contributed by atoms with Crippen LogP contribution in [0.25, 0.3) is 0 Å². The maximum atomic E-state index is 5.99. The molecule has 1 fully saturated rings. The SMILES string of the molecule is CN=C(NCc1ccccc1OCC1CC1)NCc1nnc2n1CCCC2. The van der Waals surface area contributed by atoms with Crippen molar-refractivity contribution < 1.29 is 4.74 Å². The number of ether oxygens (including phenoxy) is 1. The van der Waals surface area contributed by atoms with Crippen LogP contribution in [0.2, 0.25) is 0 Å². The molecule has 0 amide bonds. The van der Waals surface area contributed by atoms with Crippen molar-refractivity contribution in [3.8, 4) is 5.75 Å². The largest absolute Gasteiger partial charge is 0.493 e. The fourth-order valence-electron chi connectivity index (χ4n) is 3.34. The van der Waals surface area contributed by atoms with Crippen LogP contribution in [0.1, 0.15) is 42.9 Å². The third kappa shape index (κ3) is 4.59. The molecule has 4 rings (SSSR count). The van der Waals surface area contributed by atoms with Crippen LogP contribution in [0, 0.1) is 5.92 Å². The van der Waals surface area contributed by atoms with Gasteiger partial charge in [-0.15, -0.1) is 10.2 Å². The van der Waals surface area contributed by atoms with Gasteiger partial charge in [-0.1, -0.05) is 18.2 Å². The van der Waals surface area contributed by atoms with Gasteiger partial charge >= 0.3 is 0 Å². The molecule has 0 saturated heterocycles. The van der Waals surface area contributed by atoms with Gasteiger partial charge in [0, 0.05) is 32.1 Å². The van der Waals surface area contributed by atoms with Gasteiger partial charge < -0.3 is 19.9 Å². The van der Waals surface area contributed by atoms with Crippen LogP contribution in [0.3, 0.4) is 0 Å². The lowest BCUT2D eigenvalue weighted by molar-refractivity contribution is 0.296. The molecule has 1 aliphatic heterocycles. The van der Waals surface area contributed by atoms with Crippen LogP contribution in [-0.2, 0) is 26.1 Å². The molecule has 0 radical (unpaired) electrons. The van der Waals surface area contributed by atoms with E-state index in [0.717, 1.165) is 54.4 Å². The molecule has 7 heteroatoms. The second kappa shape index (κ2) is 8.41. The zero-order chi connectivity index (χ0) is 18.5. The van der Waals surface area contributed by atoms with Crippen LogP contribution in [0.5, 0.6) is 5.75 Å². The second-order valence-corrected chi connectivity index (χ2v) is 7.28. The van der Waals surface area contributed by atoms with Gasteiger partial charge in [-0.05, 0) is 37.7 Å². The Morgan fingerprint density at radius 3 is 2.89 bits per heavy atom. The second-order valence-electron chi connectivity index (χ2n) is 7.28. The van der Waals surface area contributed by atoms with Crippen LogP contribution >= 0.6 is 0 Å². The van der Waals surface area contributed by atoms with E-state index in [1.165, 1.54) is 25.7 Å². The third-order valence-electron chi connectivity index (χ3n) is 5.16. The Labute approximate surface area is 160 Å². The Hall–Kier alpha value is -2.57. The van der Waals surface area contributed by atoms with Crippen LogP contribution in [0.15, 0.2) is 29.3 Å². The fraction of sp³-hybridized carbons (Fsp3) is 0.550. The van der Waals surface area contributed by atoms with Gasteiger partial charge in [-0.3, -0.25) is 4.99 Å². The minimum atomic E-state index is 0.618. The minimum absolute atomic E-state index is 0.618. The van der Waals surface area contributed by atoms with Crippen molar-refractivity contribution in [2.45, 2.75) is 51.7 Å². The summed E-state index contributed by atoms with van der Waals surface area (Å²) in [6, 6.07) is 8.20. The first-order valence-electron chi connectivity index (χ1n) is 9.89. The minimum Gasteiger partial charge on any atom is -0.493 e. The monoisotopic (exact) mass is 368 g/mol. The highest BCUT2D eigenvalue weighted by Gasteiger charge is 2.22. The highest BCUT2D eigenvalue weighted by atomic mass is 16.5. The van der Waals surface area contributed by atoms with Crippen molar-refractivity contribution in [3.63, 3.8) is 0 Å². The Kier molecular flexibility index (Phi) is 5.55. The zero-order valence-electron chi connectivity index (χ0n) is 15.9. The number of nitrogens with one attached hydrogen (secondary N) is 2. The van der Waals surface area contributed by atoms with E-state index >= 15 is 0 Å². The molecule has 2 aliphatic rings. The van der Waals surface area contributed by atoms with E-state index in [2.05, 4.69) is 36.5 Å². The zero-order valence-corrected chi connectivity index (χ0v) is 15.9. The number of rotatable bonds is 7. The molecule has 2 N–H and O–H groups in total. The summed E-state index contributed by atoms with van der Waals surface area (Å²) < 4.78 is 8.21. The number of benzene rings is 1. The summed E-state index contributed by atoms with van der Waals surface area (Å²) in [6.07, 6.45) is 6.02. The number of hydrogen-bond acceptors (Lipinski definition) is 4. The van der Waals surface area contributed by atoms with Crippen molar-refractivity contribution in [3.05, 3.63) is 41.5 Å². The Balaban J connectivity index is 1.31. The molecule has 2 aromatic rings. The number of guanidine groups is 1. The summed E-state index contributed by atoms with van der Waals surface area (Å²) in [6.45, 7) is 3.12. The van der Waals surface area contributed by atoms with E-state index in [1.807, 2.05) is 18.2 Å². The average Bonchev–Trinajstić information content (AvgIpc) is 3.46. The van der Waals surface area contributed by atoms with Gasteiger partial charge in [-0.2, -0.15) is 0 Å². The molecule has 1 aromatic heterocycles. The third-order valence-corrected chi connectivity index (χ3v) is 5.16. The predicted molar refractivity (Wildman–Crippen MR) is 105 cm³/mol. The molecular formula is C20H28N6O. The van der Waals surface area contributed by atoms with E-state index in [-0.39, 0.29) is 0 Å². The molecular weight excluding hydrogens is 340 g/mol. The maximum absolute atomic E-state index is 5.99. The molecule has 144 valence electrons. The highest BCUT2D eigenvalue weighted by Crippen LogP contribution is 2.30. The predicted octanol–water partition coefficient (Wildman–Crippen LogP) is 2.27. The molecule has 1 saturated carbocycles. The molecule has 1 aromatic carbocycles. The summed E-state index contributed by atoms with van der Waals surface area (Å²) in [5.41, 5.74) is 1.14. The quantitative estimate of drug-likeness (QED) is 0.579. The lowest BCUT2D eigenvalue weighted by atomic mass is 10.2. The number of para-hydroxylation sites is 1. The van der Waals surface area contributed by atoms with Gasteiger partial charge in [0.05, 0.1) is 13.2 Å². The molecule has 1 aliphatic carbocycles. The topological polar surface area (TPSA) is 76.4 Å². The van der Waals surface area contributed by atoms with E-state index in [9.17, 15) is 0 Å². The van der Waals surface area contributed by atoms with E-state index < -0.39 is 0 Å². The molecule has 7 nitrogen and oxygen atoms in total. The molecule has 0 bridgehead atoms. The Morgan fingerprint density at radius 2 is 2.04 bits per heavy atom. The summed E-state index contributed by atoms with van der Waals surface area (Å²) in [7, 11) is 1.78. The van der Waals surface area contributed by atoms with Crippen LogP contribution < -0.4 is 15.4 Å². The number of hydrogen-bond donors (Lipinski definition) is 2.